The van der Waals surface area contributed by atoms with Crippen LogP contribution in [-0.2, 0) is 43.5 Å². The maximum Gasteiger partial charge on any atom is 0.549 e. The molecule has 0 aliphatic rings. The summed E-state index contributed by atoms with van der Waals surface area (Å²) in [6.07, 6.45) is -3.98. The summed E-state index contributed by atoms with van der Waals surface area (Å²) in [4.78, 5) is 100. The number of hydrogen-bond acceptors (Lipinski definition) is 15. The van der Waals surface area contributed by atoms with Crippen LogP contribution in [0.5, 0.6) is 0 Å². The molecule has 0 spiro atoms. The van der Waals surface area contributed by atoms with Crippen molar-refractivity contribution in [2.75, 3.05) is 19.8 Å². The summed E-state index contributed by atoms with van der Waals surface area (Å²) in [6, 6.07) is 15.2. The van der Waals surface area contributed by atoms with Crippen LogP contribution in [0.25, 0.3) is 0 Å². The summed E-state index contributed by atoms with van der Waals surface area (Å²) in [5.74, 6) is -3.37. The Hall–Kier alpha value is -6.12. The number of aryl methyl sites for hydroxylation is 6. The van der Waals surface area contributed by atoms with Crippen LogP contribution >= 0.6 is 0 Å². The molecule has 0 N–H and O–H groups in total. The van der Waals surface area contributed by atoms with Crippen LogP contribution < -0.4 is 0 Å². The number of carbonyl (C=O) groups is 6. The maximum atomic E-state index is 12.3. The molecule has 0 aliphatic carbocycles. The molecule has 51 heavy (non-hydrogen) atoms. The lowest BCUT2D eigenvalue weighted by Crippen LogP contribution is -2.22. The van der Waals surface area contributed by atoms with E-state index in [-0.39, 0.29) is 49.4 Å². The third-order valence-electron chi connectivity index (χ3n) is 7.32. The van der Waals surface area contributed by atoms with Crippen molar-refractivity contribution in [1.82, 2.24) is 0 Å². The van der Waals surface area contributed by atoms with E-state index < -0.39 is 42.3 Å². The molecule has 0 aliphatic heterocycles. The van der Waals surface area contributed by atoms with E-state index in [0.717, 1.165) is 16.7 Å². The van der Waals surface area contributed by atoms with E-state index in [2.05, 4.69) is 29.3 Å². The summed E-state index contributed by atoms with van der Waals surface area (Å²) in [5, 5.41) is 0. The fourth-order valence-electron chi connectivity index (χ4n) is 4.40. The predicted octanol–water partition coefficient (Wildman–Crippen LogP) is 7.01. The quantitative estimate of drug-likeness (QED) is 0.0855. The van der Waals surface area contributed by atoms with Crippen LogP contribution in [0.2, 0.25) is 0 Å². The lowest BCUT2D eigenvalue weighted by Gasteiger charge is -2.16. The van der Waals surface area contributed by atoms with Gasteiger partial charge in [-0.05, 0) is 95.2 Å². The molecular formula is C36H38O15. The van der Waals surface area contributed by atoms with Gasteiger partial charge in [-0.3, -0.25) is 0 Å². The Morgan fingerprint density at radius 2 is 0.765 bits per heavy atom. The molecule has 0 unspecified atom stereocenters. The van der Waals surface area contributed by atoms with E-state index in [1.54, 1.807) is 96.1 Å². The van der Waals surface area contributed by atoms with Crippen molar-refractivity contribution in [1.29, 1.82) is 0 Å². The van der Waals surface area contributed by atoms with Crippen molar-refractivity contribution in [3.05, 3.63) is 105 Å². The Kier molecular flexibility index (Phi) is 14.8. The van der Waals surface area contributed by atoms with Gasteiger partial charge in [0.05, 0.1) is 36.5 Å². The van der Waals surface area contributed by atoms with Gasteiger partial charge in [0.15, 0.2) is 0 Å². The van der Waals surface area contributed by atoms with Gasteiger partial charge in [-0.15, -0.1) is 0 Å². The fourth-order valence-corrected chi connectivity index (χ4v) is 4.40. The van der Waals surface area contributed by atoms with Gasteiger partial charge in [0.2, 0.25) is 0 Å². The van der Waals surface area contributed by atoms with Gasteiger partial charge < -0.3 is 14.2 Å². The lowest BCUT2D eigenvalue weighted by molar-refractivity contribution is -0.206. The van der Waals surface area contributed by atoms with E-state index in [1.165, 1.54) is 0 Å². The van der Waals surface area contributed by atoms with Crippen molar-refractivity contribution in [2.45, 2.75) is 54.4 Å². The van der Waals surface area contributed by atoms with Crippen molar-refractivity contribution in [2.24, 2.45) is 5.92 Å². The molecule has 272 valence electrons. The zero-order valence-electron chi connectivity index (χ0n) is 28.9. The molecule has 0 heterocycles. The normalized spacial score (nSPS) is 10.4. The highest BCUT2D eigenvalue weighted by Crippen LogP contribution is 2.16. The van der Waals surface area contributed by atoms with Crippen LogP contribution in [0.4, 0.5) is 14.4 Å². The van der Waals surface area contributed by atoms with Gasteiger partial charge in [0.25, 0.3) is 0 Å². The van der Waals surface area contributed by atoms with Gasteiger partial charge in [-0.2, -0.15) is 14.4 Å². The number of benzene rings is 3. The summed E-state index contributed by atoms with van der Waals surface area (Å²) in [5.41, 5.74) is 4.77. The lowest BCUT2D eigenvalue weighted by atomic mass is 10.0. The van der Waals surface area contributed by atoms with Crippen LogP contribution in [-0.4, -0.2) is 56.2 Å². The molecule has 0 aromatic heterocycles. The third kappa shape index (κ3) is 13.0. The molecule has 0 radical (unpaired) electrons. The van der Waals surface area contributed by atoms with Gasteiger partial charge in [0, 0.05) is 0 Å². The Morgan fingerprint density at radius 1 is 0.451 bits per heavy atom. The molecule has 0 atom stereocenters. The first kappa shape index (κ1) is 39.3. The molecule has 0 saturated carbocycles. The first-order valence-electron chi connectivity index (χ1n) is 15.6. The Balaban J connectivity index is 1.49. The number of rotatable bonds is 11. The first-order valence-corrected chi connectivity index (χ1v) is 15.6. The second kappa shape index (κ2) is 19.2. The minimum Gasteiger partial charge on any atom is -0.432 e. The highest BCUT2D eigenvalue weighted by molar-refractivity contribution is 5.92. The summed E-state index contributed by atoms with van der Waals surface area (Å²) in [7, 11) is 0. The SMILES string of the molecule is Cc1ccc(C)c(C(=O)OOC(=O)OCCC(CCOC(=O)OOC(=O)c2cc(C)ccc2C)COC(=O)OOC(=O)c2cc(C)ccc2C)c1. The molecule has 0 fully saturated rings. The zero-order chi connectivity index (χ0) is 37.5. The van der Waals surface area contributed by atoms with Crippen molar-refractivity contribution >= 4 is 36.4 Å². The van der Waals surface area contributed by atoms with Gasteiger partial charge in [0.1, 0.15) is 0 Å². The van der Waals surface area contributed by atoms with Gasteiger partial charge in [-0.25, -0.2) is 43.7 Å². The highest BCUT2D eigenvalue weighted by Gasteiger charge is 2.21. The van der Waals surface area contributed by atoms with Crippen LogP contribution in [0.15, 0.2) is 54.6 Å². The third-order valence-corrected chi connectivity index (χ3v) is 7.32. The summed E-state index contributed by atoms with van der Waals surface area (Å²) >= 11 is 0. The molecule has 0 saturated heterocycles. The number of hydrogen-bond donors (Lipinski definition) is 0. The smallest absolute Gasteiger partial charge is 0.432 e. The maximum absolute atomic E-state index is 12.3. The molecule has 3 aromatic rings. The van der Waals surface area contributed by atoms with E-state index in [1.807, 2.05) is 0 Å². The molecular weight excluding hydrogens is 672 g/mol. The van der Waals surface area contributed by atoms with E-state index in [0.29, 0.717) is 16.7 Å². The molecule has 0 bridgehead atoms. The number of ether oxygens (including phenoxy) is 3. The first-order chi connectivity index (χ1) is 24.2. The topological polar surface area (TPSA) is 185 Å². The highest BCUT2D eigenvalue weighted by atomic mass is 17.2. The second-order valence-corrected chi connectivity index (χ2v) is 11.5. The average Bonchev–Trinajstić information content (AvgIpc) is 3.10. The van der Waals surface area contributed by atoms with Gasteiger partial charge >= 0.3 is 36.4 Å². The summed E-state index contributed by atoms with van der Waals surface area (Å²) < 4.78 is 14.9. The molecule has 3 rings (SSSR count). The van der Waals surface area contributed by atoms with E-state index >= 15 is 0 Å². The second-order valence-electron chi connectivity index (χ2n) is 11.5. The monoisotopic (exact) mass is 710 g/mol. The van der Waals surface area contributed by atoms with Crippen molar-refractivity contribution < 1.29 is 72.3 Å². The van der Waals surface area contributed by atoms with Crippen LogP contribution in [0.1, 0.15) is 77.3 Å². The average molecular weight is 711 g/mol. The minimum atomic E-state index is -1.35. The standard InChI is InChI=1S/C36H38O15/c1-21-7-10-24(4)28(17-21)31(37)46-49-34(40)43-15-13-27(20-45-36(42)51-48-33(39)30-19-23(3)9-12-26(30)6)14-16-44-35(41)50-47-32(38)29-18-22(2)8-11-25(29)5/h7-12,17-19,27H,13-16,20H2,1-6H3. The van der Waals surface area contributed by atoms with E-state index in [4.69, 9.17) is 14.2 Å². The zero-order valence-corrected chi connectivity index (χ0v) is 28.9. The van der Waals surface area contributed by atoms with Crippen LogP contribution in [0, 0.1) is 47.5 Å². The Labute approximate surface area is 293 Å². The largest absolute Gasteiger partial charge is 0.549 e. The Morgan fingerprint density at radius 3 is 1.10 bits per heavy atom. The predicted molar refractivity (Wildman–Crippen MR) is 174 cm³/mol. The molecule has 0 amide bonds. The van der Waals surface area contributed by atoms with Crippen molar-refractivity contribution in [3.8, 4) is 0 Å². The number of carbonyl (C=O) groups excluding carboxylic acids is 6. The molecule has 3 aromatic carbocycles. The van der Waals surface area contributed by atoms with Gasteiger partial charge in [-0.1, -0.05) is 53.1 Å². The van der Waals surface area contributed by atoms with E-state index in [9.17, 15) is 28.8 Å². The van der Waals surface area contributed by atoms with Crippen LogP contribution in [0.3, 0.4) is 0 Å². The van der Waals surface area contributed by atoms with Crippen molar-refractivity contribution in [3.63, 3.8) is 0 Å². The molecule has 15 heteroatoms. The minimum absolute atomic E-state index is 0.00954. The Bertz CT molecular complexity index is 1660. The fraction of sp³-hybridized carbons (Fsp3) is 0.333. The molecule has 15 nitrogen and oxygen atoms in total. The summed E-state index contributed by atoms with van der Waals surface area (Å²) in [6.45, 7) is 9.37.